The highest BCUT2D eigenvalue weighted by Crippen LogP contribution is 2.37. The van der Waals surface area contributed by atoms with Crippen LogP contribution in [-0.2, 0) is 9.59 Å². The second kappa shape index (κ2) is 7.08. The summed E-state index contributed by atoms with van der Waals surface area (Å²) in [7, 11) is 0. The summed E-state index contributed by atoms with van der Waals surface area (Å²) in [6, 6.07) is 12.4. The molecule has 2 aromatic rings. The van der Waals surface area contributed by atoms with E-state index in [1.165, 1.54) is 4.90 Å². The summed E-state index contributed by atoms with van der Waals surface area (Å²) >= 11 is 0. The summed E-state index contributed by atoms with van der Waals surface area (Å²) in [5.41, 5.74) is 3.72. The lowest BCUT2D eigenvalue weighted by atomic mass is 9.85. The van der Waals surface area contributed by atoms with E-state index in [9.17, 15) is 14.4 Å². The van der Waals surface area contributed by atoms with E-state index < -0.39 is 0 Å². The van der Waals surface area contributed by atoms with Gasteiger partial charge in [0, 0.05) is 11.3 Å². The predicted molar refractivity (Wildman–Crippen MR) is 108 cm³/mol. The summed E-state index contributed by atoms with van der Waals surface area (Å²) in [6.07, 6.45) is 5.12. The van der Waals surface area contributed by atoms with Crippen molar-refractivity contribution in [3.05, 3.63) is 71.3 Å². The number of carbonyl (C=O) groups is 3. The van der Waals surface area contributed by atoms with E-state index in [0.717, 1.165) is 16.8 Å². The number of fused-ring (bicyclic) bond motifs is 1. The van der Waals surface area contributed by atoms with E-state index in [2.05, 4.69) is 5.32 Å². The predicted octanol–water partition coefficient (Wildman–Crippen LogP) is 4.01. The lowest BCUT2D eigenvalue weighted by Gasteiger charge is -2.16. The zero-order valence-electron chi connectivity index (χ0n) is 15.9. The molecule has 0 bridgehead atoms. The van der Waals surface area contributed by atoms with Crippen LogP contribution in [0.5, 0.6) is 0 Å². The number of imide groups is 1. The third kappa shape index (κ3) is 3.03. The van der Waals surface area contributed by atoms with Gasteiger partial charge in [-0.3, -0.25) is 19.3 Å². The van der Waals surface area contributed by atoms with Gasteiger partial charge in [-0.2, -0.15) is 0 Å². The fourth-order valence-electron chi connectivity index (χ4n) is 3.92. The molecule has 4 rings (SSSR count). The summed E-state index contributed by atoms with van der Waals surface area (Å²) in [5.74, 6) is -1.19. The molecule has 5 nitrogen and oxygen atoms in total. The lowest BCUT2D eigenvalue weighted by Crippen LogP contribution is -2.31. The Balaban J connectivity index is 1.60. The Kier molecular flexibility index (Phi) is 4.59. The molecule has 1 aliphatic carbocycles. The van der Waals surface area contributed by atoms with E-state index >= 15 is 0 Å². The molecular formula is C23H22N2O3. The Morgan fingerprint density at radius 3 is 2.29 bits per heavy atom. The summed E-state index contributed by atoms with van der Waals surface area (Å²) in [5, 5.41) is 2.92. The van der Waals surface area contributed by atoms with Crippen LogP contribution in [0.1, 0.15) is 34.3 Å². The number of nitrogens with zero attached hydrogens (tertiary/aromatic N) is 1. The number of aryl methyl sites for hydroxylation is 1. The van der Waals surface area contributed by atoms with Crippen LogP contribution < -0.4 is 10.2 Å². The maximum atomic E-state index is 12.8. The minimum Gasteiger partial charge on any atom is -0.322 e. The number of benzene rings is 2. The average Bonchev–Trinajstić information content (AvgIpc) is 2.96. The molecule has 3 amide bonds. The smallest absolute Gasteiger partial charge is 0.255 e. The number of allylic oxidation sites excluding steroid dienone is 2. The Hall–Kier alpha value is -3.21. The van der Waals surface area contributed by atoms with Crippen LogP contribution in [0.25, 0.3) is 0 Å². The van der Waals surface area contributed by atoms with E-state index in [-0.39, 0.29) is 29.6 Å². The van der Waals surface area contributed by atoms with E-state index in [1.54, 1.807) is 24.3 Å². The first-order valence-corrected chi connectivity index (χ1v) is 9.48. The second-order valence-electron chi connectivity index (χ2n) is 7.42. The maximum Gasteiger partial charge on any atom is 0.255 e. The zero-order valence-corrected chi connectivity index (χ0v) is 15.9. The first-order chi connectivity index (χ1) is 13.5. The molecule has 0 aromatic heterocycles. The Morgan fingerprint density at radius 2 is 1.61 bits per heavy atom. The quantitative estimate of drug-likeness (QED) is 0.652. The maximum absolute atomic E-state index is 12.8. The van der Waals surface area contributed by atoms with E-state index in [0.29, 0.717) is 24.1 Å². The molecule has 0 spiro atoms. The fourth-order valence-corrected chi connectivity index (χ4v) is 3.92. The first kappa shape index (κ1) is 18.2. The van der Waals surface area contributed by atoms with Crippen molar-refractivity contribution in [1.82, 2.24) is 0 Å². The molecule has 5 heteroatoms. The standard InChI is InChI=1S/C23H22N2O3/c1-14-7-5-12-20(15(14)2)24-21(26)16-8-6-9-17(13-16)25-22(27)18-10-3-4-11-19(18)23(25)28/h3-9,12-13,18-19H,10-11H2,1-2H3,(H,24,26)/t18-,19-/m0/s1. The Morgan fingerprint density at radius 1 is 0.964 bits per heavy atom. The molecule has 0 unspecified atom stereocenters. The number of nitrogens with one attached hydrogen (secondary N) is 1. The van der Waals surface area contributed by atoms with Crippen molar-refractivity contribution in [2.24, 2.45) is 11.8 Å². The fraction of sp³-hybridized carbons (Fsp3) is 0.261. The molecule has 1 heterocycles. The third-order valence-electron chi connectivity index (χ3n) is 5.73. The van der Waals surface area contributed by atoms with Gasteiger partial charge in [0.15, 0.2) is 0 Å². The number of amides is 3. The number of hydrogen-bond donors (Lipinski definition) is 1. The van der Waals surface area contributed by atoms with Gasteiger partial charge in [0.25, 0.3) is 5.91 Å². The Bertz CT molecular complexity index is 983. The minimum absolute atomic E-state index is 0.175. The molecule has 2 aromatic carbocycles. The highest BCUT2D eigenvalue weighted by molar-refractivity contribution is 6.22. The van der Waals surface area contributed by atoms with Crippen LogP contribution in [0.15, 0.2) is 54.6 Å². The van der Waals surface area contributed by atoms with Crippen molar-refractivity contribution >= 4 is 29.1 Å². The summed E-state index contributed by atoms with van der Waals surface area (Å²) < 4.78 is 0. The monoisotopic (exact) mass is 374 g/mol. The normalized spacial score (nSPS) is 21.0. The number of hydrogen-bond acceptors (Lipinski definition) is 3. The van der Waals surface area contributed by atoms with Gasteiger partial charge < -0.3 is 5.32 Å². The van der Waals surface area contributed by atoms with Gasteiger partial charge in [0.1, 0.15) is 0 Å². The molecular weight excluding hydrogens is 352 g/mol. The number of rotatable bonds is 3. The first-order valence-electron chi connectivity index (χ1n) is 9.48. The van der Waals surface area contributed by atoms with Crippen LogP contribution in [0, 0.1) is 25.7 Å². The Labute approximate surface area is 164 Å². The van der Waals surface area contributed by atoms with Gasteiger partial charge in [-0.25, -0.2) is 0 Å². The molecule has 2 aliphatic rings. The van der Waals surface area contributed by atoms with Crippen molar-refractivity contribution in [1.29, 1.82) is 0 Å². The van der Waals surface area contributed by atoms with Crippen LogP contribution in [-0.4, -0.2) is 17.7 Å². The van der Waals surface area contributed by atoms with E-state index in [4.69, 9.17) is 0 Å². The molecule has 1 aliphatic heterocycles. The summed E-state index contributed by atoms with van der Waals surface area (Å²) in [6.45, 7) is 3.95. The highest BCUT2D eigenvalue weighted by atomic mass is 16.2. The largest absolute Gasteiger partial charge is 0.322 e. The summed E-state index contributed by atoms with van der Waals surface area (Å²) in [4.78, 5) is 39.5. The van der Waals surface area contributed by atoms with Gasteiger partial charge in [-0.05, 0) is 62.1 Å². The van der Waals surface area contributed by atoms with Crippen molar-refractivity contribution < 1.29 is 14.4 Å². The highest BCUT2D eigenvalue weighted by Gasteiger charge is 2.47. The van der Waals surface area contributed by atoms with Crippen LogP contribution in [0.2, 0.25) is 0 Å². The van der Waals surface area contributed by atoms with Crippen molar-refractivity contribution in [2.45, 2.75) is 26.7 Å². The molecule has 0 saturated carbocycles. The topological polar surface area (TPSA) is 66.5 Å². The molecule has 142 valence electrons. The van der Waals surface area contributed by atoms with Crippen molar-refractivity contribution in [3.8, 4) is 0 Å². The molecule has 28 heavy (non-hydrogen) atoms. The molecule has 1 N–H and O–H groups in total. The zero-order chi connectivity index (χ0) is 19.8. The van der Waals surface area contributed by atoms with Gasteiger partial charge in [-0.1, -0.05) is 30.4 Å². The van der Waals surface area contributed by atoms with Crippen LogP contribution in [0.4, 0.5) is 11.4 Å². The number of anilines is 2. The van der Waals surface area contributed by atoms with Crippen molar-refractivity contribution in [3.63, 3.8) is 0 Å². The van der Waals surface area contributed by atoms with Crippen molar-refractivity contribution in [2.75, 3.05) is 10.2 Å². The molecule has 0 radical (unpaired) electrons. The van der Waals surface area contributed by atoms with Gasteiger partial charge in [0.2, 0.25) is 11.8 Å². The minimum atomic E-state index is -0.287. The van der Waals surface area contributed by atoms with E-state index in [1.807, 2.05) is 44.2 Å². The van der Waals surface area contributed by atoms with Gasteiger partial charge in [0.05, 0.1) is 17.5 Å². The van der Waals surface area contributed by atoms with Gasteiger partial charge in [-0.15, -0.1) is 0 Å². The van der Waals surface area contributed by atoms with Gasteiger partial charge >= 0.3 is 0 Å². The lowest BCUT2D eigenvalue weighted by molar-refractivity contribution is -0.122. The average molecular weight is 374 g/mol. The molecule has 1 saturated heterocycles. The number of carbonyl (C=O) groups excluding carboxylic acids is 3. The molecule has 2 atom stereocenters. The van der Waals surface area contributed by atoms with Crippen LogP contribution in [0.3, 0.4) is 0 Å². The SMILES string of the molecule is Cc1cccc(NC(=O)c2cccc(N3C(=O)[C@H]4CC=CC[C@@H]4C3=O)c2)c1C. The third-order valence-corrected chi connectivity index (χ3v) is 5.73. The molecule has 1 fully saturated rings. The second-order valence-corrected chi connectivity index (χ2v) is 7.42. The van der Waals surface area contributed by atoms with Crippen LogP contribution >= 0.6 is 0 Å².